The number of rotatable bonds is 7. The first-order valence-corrected chi connectivity index (χ1v) is 17.4. The first-order valence-electron chi connectivity index (χ1n) is 17.4. The summed E-state index contributed by atoms with van der Waals surface area (Å²) >= 11 is 0. The molecule has 2 saturated carbocycles. The van der Waals surface area contributed by atoms with Gasteiger partial charge in [0.15, 0.2) is 0 Å². The first kappa shape index (κ1) is 35.5. The monoisotopic (exact) mass is 646 g/mol. The molecule has 0 amide bonds. The van der Waals surface area contributed by atoms with Crippen molar-refractivity contribution in [2.45, 2.75) is 149 Å². The number of esters is 2. The maximum absolute atomic E-state index is 14.0. The third kappa shape index (κ3) is 5.90. The molecule has 1 saturated heterocycles. The van der Waals surface area contributed by atoms with Gasteiger partial charge in [-0.25, -0.2) is 0 Å². The van der Waals surface area contributed by atoms with Crippen molar-refractivity contribution >= 4 is 11.9 Å². The lowest BCUT2D eigenvalue weighted by atomic mass is 9.43. The third-order valence-corrected chi connectivity index (χ3v) is 13.5. The van der Waals surface area contributed by atoms with Crippen LogP contribution in [0.4, 0.5) is 0 Å². The summed E-state index contributed by atoms with van der Waals surface area (Å²) < 4.78 is 17.1. The highest BCUT2D eigenvalue weighted by Crippen LogP contribution is 2.72. The number of ether oxygens (including phenoxy) is 3. The molecule has 46 heavy (non-hydrogen) atoms. The van der Waals surface area contributed by atoms with E-state index in [0.29, 0.717) is 12.3 Å². The molecule has 0 aromatic rings. The van der Waals surface area contributed by atoms with Gasteiger partial charge in [-0.05, 0) is 99.7 Å². The van der Waals surface area contributed by atoms with Crippen LogP contribution >= 0.6 is 0 Å². The average Bonchev–Trinajstić information content (AvgIpc) is 3.23. The van der Waals surface area contributed by atoms with E-state index in [0.717, 1.165) is 51.4 Å². The van der Waals surface area contributed by atoms with Gasteiger partial charge in [-0.2, -0.15) is 0 Å². The second-order valence-corrected chi connectivity index (χ2v) is 16.9. The van der Waals surface area contributed by atoms with E-state index in [1.54, 1.807) is 31.1 Å². The zero-order valence-corrected chi connectivity index (χ0v) is 29.2. The minimum atomic E-state index is -1.55. The predicted octanol–water partition coefficient (Wildman–Crippen LogP) is 4.98. The van der Waals surface area contributed by atoms with Gasteiger partial charge in [-0.3, -0.25) is 9.59 Å². The maximum Gasteiger partial charge on any atom is 0.311 e. The van der Waals surface area contributed by atoms with E-state index in [1.165, 1.54) is 6.92 Å². The Hall–Kier alpha value is -1.78. The van der Waals surface area contributed by atoms with Gasteiger partial charge < -0.3 is 34.6 Å². The van der Waals surface area contributed by atoms with Gasteiger partial charge in [-0.15, -0.1) is 0 Å². The lowest BCUT2D eigenvalue weighted by Gasteiger charge is -2.62. The number of aliphatic hydroxyl groups is 4. The number of aliphatic hydroxyl groups excluding tert-OH is 3. The molecule has 260 valence electrons. The fourth-order valence-corrected chi connectivity index (χ4v) is 10.8. The Labute approximate surface area is 274 Å². The van der Waals surface area contributed by atoms with Crippen LogP contribution in [0.2, 0.25) is 0 Å². The average molecular weight is 647 g/mol. The van der Waals surface area contributed by atoms with Crippen molar-refractivity contribution in [2.75, 3.05) is 6.61 Å². The lowest BCUT2D eigenvalue weighted by Crippen LogP contribution is -2.56. The number of allylic oxidation sites excluding steroid dienone is 3. The van der Waals surface area contributed by atoms with Gasteiger partial charge in [0, 0.05) is 12.3 Å². The van der Waals surface area contributed by atoms with Crippen LogP contribution in [0.15, 0.2) is 23.3 Å². The summed E-state index contributed by atoms with van der Waals surface area (Å²) in [6.45, 7) is 16.4. The zero-order valence-electron chi connectivity index (χ0n) is 29.2. The fraction of sp³-hybridized carbons (Fsp3) is 0.838. The third-order valence-electron chi connectivity index (χ3n) is 13.5. The van der Waals surface area contributed by atoms with Gasteiger partial charge >= 0.3 is 11.9 Å². The molecule has 4 aliphatic carbocycles. The lowest BCUT2D eigenvalue weighted by molar-refractivity contribution is -0.265. The molecule has 5 rings (SSSR count). The number of hydrogen-bond donors (Lipinski definition) is 4. The van der Waals surface area contributed by atoms with E-state index >= 15 is 0 Å². The molecule has 1 heterocycles. The van der Waals surface area contributed by atoms with Crippen molar-refractivity contribution < 1.29 is 44.2 Å². The smallest absolute Gasteiger partial charge is 0.311 e. The highest BCUT2D eigenvalue weighted by atomic mass is 16.7. The van der Waals surface area contributed by atoms with E-state index in [2.05, 4.69) is 34.6 Å². The summed E-state index contributed by atoms with van der Waals surface area (Å²) in [6, 6.07) is 0. The predicted molar refractivity (Wildman–Crippen MR) is 172 cm³/mol. The molecule has 0 aromatic heterocycles. The fourth-order valence-electron chi connectivity index (χ4n) is 10.8. The Balaban J connectivity index is 1.45. The molecule has 0 bridgehead atoms. The topological polar surface area (TPSA) is 143 Å². The highest BCUT2D eigenvalue weighted by molar-refractivity contribution is 5.73. The minimum Gasteiger partial charge on any atom is -0.462 e. The van der Waals surface area contributed by atoms with Crippen LogP contribution in [0.5, 0.6) is 0 Å². The molecule has 0 aromatic carbocycles. The van der Waals surface area contributed by atoms with Gasteiger partial charge in [0.2, 0.25) is 6.29 Å². The summed E-state index contributed by atoms with van der Waals surface area (Å²) in [5, 5.41) is 41.0. The van der Waals surface area contributed by atoms with Crippen LogP contribution in [0.1, 0.15) is 113 Å². The van der Waals surface area contributed by atoms with Crippen molar-refractivity contribution in [3.63, 3.8) is 0 Å². The quantitative estimate of drug-likeness (QED) is 0.222. The molecule has 11 atom stereocenters. The van der Waals surface area contributed by atoms with Crippen molar-refractivity contribution in [3.8, 4) is 0 Å². The van der Waals surface area contributed by atoms with Crippen LogP contribution in [-0.4, -0.2) is 75.3 Å². The second kappa shape index (κ2) is 12.3. The Morgan fingerprint density at radius 2 is 1.65 bits per heavy atom. The van der Waals surface area contributed by atoms with Gasteiger partial charge in [-0.1, -0.05) is 57.9 Å². The van der Waals surface area contributed by atoms with E-state index in [9.17, 15) is 30.0 Å². The van der Waals surface area contributed by atoms with Crippen LogP contribution in [-0.2, 0) is 23.8 Å². The van der Waals surface area contributed by atoms with Crippen LogP contribution < -0.4 is 0 Å². The van der Waals surface area contributed by atoms with Crippen molar-refractivity contribution in [2.24, 2.45) is 39.4 Å². The molecular weight excluding hydrogens is 588 g/mol. The number of carbonyl (C=O) groups is 2. The van der Waals surface area contributed by atoms with Gasteiger partial charge in [0.1, 0.15) is 24.4 Å². The standard InChI is InChI=1S/C37H58O9/c1-21(38)45-28-15-17-35(6)24-14-19-36(7)23(13-18-37(36,8)25(24)11-12-27(35)34(28,4)5)22(10-9-16-33(2,3)43)31(42)46-32-30(41)29(40)26(39)20-44-32/h9,16,22-23,26-30,32,39-41,43H,10-15,17-20H2,1-8H3/b16-9+/t22-,23-,26-,27+,28-,29+,30?,32+,35-,36-,37+/m1/s1. The molecule has 1 unspecified atom stereocenters. The normalized spacial score (nSPS) is 43.0. The largest absolute Gasteiger partial charge is 0.462 e. The summed E-state index contributed by atoms with van der Waals surface area (Å²) in [7, 11) is 0. The number of fused-ring (bicyclic) bond motifs is 4. The van der Waals surface area contributed by atoms with E-state index in [1.807, 2.05) is 6.08 Å². The molecule has 4 N–H and O–H groups in total. The first-order chi connectivity index (χ1) is 21.3. The molecule has 0 spiro atoms. The molecule has 3 fully saturated rings. The molecule has 1 aliphatic heterocycles. The number of hydrogen-bond acceptors (Lipinski definition) is 9. The van der Waals surface area contributed by atoms with Crippen molar-refractivity contribution in [3.05, 3.63) is 23.3 Å². The second-order valence-electron chi connectivity index (χ2n) is 16.9. The van der Waals surface area contributed by atoms with Crippen molar-refractivity contribution in [1.82, 2.24) is 0 Å². The summed E-state index contributed by atoms with van der Waals surface area (Å²) in [4.78, 5) is 26.0. The van der Waals surface area contributed by atoms with E-state index < -0.39 is 42.1 Å². The van der Waals surface area contributed by atoms with Crippen LogP contribution in [0.3, 0.4) is 0 Å². The summed E-state index contributed by atoms with van der Waals surface area (Å²) in [5.41, 5.74) is 1.73. The maximum atomic E-state index is 14.0. The van der Waals surface area contributed by atoms with Crippen molar-refractivity contribution in [1.29, 1.82) is 0 Å². The summed E-state index contributed by atoms with van der Waals surface area (Å²) in [5.74, 6) is -0.850. The van der Waals surface area contributed by atoms with Gasteiger partial charge in [0.25, 0.3) is 0 Å². The molecule has 0 radical (unpaired) electrons. The minimum absolute atomic E-state index is 0.0107. The van der Waals surface area contributed by atoms with E-state index in [4.69, 9.17) is 14.2 Å². The Morgan fingerprint density at radius 3 is 2.30 bits per heavy atom. The SMILES string of the molecule is CC(=O)O[C@@H]1CC[C@]2(C)C3=C(CC[C@H]2C1(C)C)[C@]1(C)CC[C@H]([C@@H](C/C=C/C(C)(C)O)C(=O)O[C@@H]2OC[C@@H](O)[C@H](O)C2O)[C@@]1(C)CC3. The molecule has 9 nitrogen and oxygen atoms in total. The van der Waals surface area contributed by atoms with Gasteiger partial charge in [0.05, 0.1) is 18.1 Å². The highest BCUT2D eigenvalue weighted by Gasteiger charge is 2.64. The molecule has 9 heteroatoms. The van der Waals surface area contributed by atoms with E-state index in [-0.39, 0.29) is 46.3 Å². The van der Waals surface area contributed by atoms with Crippen LogP contribution in [0, 0.1) is 39.4 Å². The Kier molecular flexibility index (Phi) is 9.48. The molecule has 5 aliphatic rings. The summed E-state index contributed by atoms with van der Waals surface area (Å²) in [6.07, 6.45) is 5.80. The Morgan fingerprint density at radius 1 is 0.957 bits per heavy atom. The zero-order chi connectivity index (χ0) is 34.0. The number of carbonyl (C=O) groups excluding carboxylic acids is 2. The Bertz CT molecular complexity index is 1250. The molecular formula is C37H58O9. The van der Waals surface area contributed by atoms with Crippen LogP contribution in [0.25, 0.3) is 0 Å².